The highest BCUT2D eigenvalue weighted by atomic mass is 32.2. The Morgan fingerprint density at radius 2 is 2.03 bits per heavy atom. The van der Waals surface area contributed by atoms with Gasteiger partial charge in [-0.25, -0.2) is 4.98 Å². The predicted molar refractivity (Wildman–Crippen MR) is 131 cm³/mol. The largest absolute Gasteiger partial charge is 0.492 e. The lowest BCUT2D eigenvalue weighted by atomic mass is 9.72. The van der Waals surface area contributed by atoms with Crippen molar-refractivity contribution >= 4 is 11.8 Å². The Morgan fingerprint density at radius 3 is 2.68 bits per heavy atom. The highest BCUT2D eigenvalue weighted by Gasteiger charge is 2.36. The average molecular weight is 442 g/mol. The van der Waals surface area contributed by atoms with Crippen LogP contribution in [0.3, 0.4) is 0 Å². The van der Waals surface area contributed by atoms with Gasteiger partial charge in [-0.05, 0) is 43.0 Å². The molecule has 2 aromatic rings. The van der Waals surface area contributed by atoms with Crippen LogP contribution < -0.4 is 10.3 Å². The van der Waals surface area contributed by atoms with Crippen LogP contribution in [0.15, 0.2) is 40.8 Å². The molecule has 0 N–H and O–H groups in total. The zero-order chi connectivity index (χ0) is 22.6. The smallest absolute Gasteiger partial charge is 0.258 e. The Labute approximate surface area is 190 Å². The number of likely N-dealkylation sites (N-methyl/N-ethyl adjacent to an activating group) is 1. The molecule has 0 bridgehead atoms. The van der Waals surface area contributed by atoms with Crippen molar-refractivity contribution in [2.75, 3.05) is 32.0 Å². The molecule has 1 aliphatic carbocycles. The Bertz CT molecular complexity index is 993. The number of aromatic nitrogens is 2. The molecule has 6 heteroatoms. The van der Waals surface area contributed by atoms with Crippen LogP contribution in [0.2, 0.25) is 0 Å². The van der Waals surface area contributed by atoms with E-state index >= 15 is 0 Å². The maximum atomic E-state index is 13.5. The first-order valence-corrected chi connectivity index (χ1v) is 12.2. The number of ether oxygens (including phenoxy) is 1. The third-order valence-corrected chi connectivity index (χ3v) is 6.79. The van der Waals surface area contributed by atoms with Crippen molar-refractivity contribution in [3.63, 3.8) is 0 Å². The van der Waals surface area contributed by atoms with E-state index in [-0.39, 0.29) is 11.0 Å². The quantitative estimate of drug-likeness (QED) is 0.302. The summed E-state index contributed by atoms with van der Waals surface area (Å²) in [6.45, 7) is 18.6. The molecule has 0 saturated heterocycles. The van der Waals surface area contributed by atoms with Crippen molar-refractivity contribution in [2.45, 2.75) is 58.2 Å². The second kappa shape index (κ2) is 10.0. The molecule has 0 saturated carbocycles. The Kier molecular flexibility index (Phi) is 7.65. The minimum Gasteiger partial charge on any atom is -0.492 e. The lowest BCUT2D eigenvalue weighted by molar-refractivity contribution is 0.223. The molecule has 1 aromatic heterocycles. The van der Waals surface area contributed by atoms with E-state index in [9.17, 15) is 4.79 Å². The van der Waals surface area contributed by atoms with E-state index in [0.717, 1.165) is 59.5 Å². The van der Waals surface area contributed by atoms with Crippen molar-refractivity contribution in [2.24, 2.45) is 0 Å². The molecule has 1 aromatic carbocycles. The summed E-state index contributed by atoms with van der Waals surface area (Å²) < 4.78 is 7.83. The van der Waals surface area contributed by atoms with Gasteiger partial charge in [-0.3, -0.25) is 9.36 Å². The summed E-state index contributed by atoms with van der Waals surface area (Å²) >= 11 is 1.60. The summed E-state index contributed by atoms with van der Waals surface area (Å²) in [6.07, 6.45) is 2.57. The average Bonchev–Trinajstić information content (AvgIpc) is 2.73. The number of rotatable bonds is 10. The third-order valence-electron chi connectivity index (χ3n) is 5.94. The summed E-state index contributed by atoms with van der Waals surface area (Å²) in [4.78, 5) is 20.9. The SMILES string of the molecule is C=CCn1c(SCC)nc2c(c1=O)C(C)(C)Cc1ccc(OCCN(CC)CC)cc1-2. The molecule has 1 aliphatic rings. The molecule has 0 aliphatic heterocycles. The van der Waals surface area contributed by atoms with Crippen molar-refractivity contribution < 1.29 is 4.74 Å². The van der Waals surface area contributed by atoms with Crippen LogP contribution in [-0.4, -0.2) is 46.4 Å². The topological polar surface area (TPSA) is 47.4 Å². The van der Waals surface area contributed by atoms with Crippen LogP contribution in [0.4, 0.5) is 0 Å². The van der Waals surface area contributed by atoms with Crippen molar-refractivity contribution in [1.82, 2.24) is 14.5 Å². The van der Waals surface area contributed by atoms with E-state index in [1.165, 1.54) is 5.56 Å². The van der Waals surface area contributed by atoms with Gasteiger partial charge in [-0.15, -0.1) is 6.58 Å². The highest BCUT2D eigenvalue weighted by molar-refractivity contribution is 7.99. The fourth-order valence-electron chi connectivity index (χ4n) is 4.29. The Morgan fingerprint density at radius 1 is 1.29 bits per heavy atom. The van der Waals surface area contributed by atoms with Crippen LogP contribution in [0.5, 0.6) is 5.75 Å². The van der Waals surface area contributed by atoms with E-state index in [1.54, 1.807) is 22.4 Å². The van der Waals surface area contributed by atoms with E-state index in [4.69, 9.17) is 9.72 Å². The van der Waals surface area contributed by atoms with Gasteiger partial charge in [-0.2, -0.15) is 0 Å². The van der Waals surface area contributed by atoms with Crippen LogP contribution in [0.25, 0.3) is 11.3 Å². The molecule has 0 atom stereocenters. The fourth-order valence-corrected chi connectivity index (χ4v) is 5.01. The normalized spacial score (nSPS) is 14.3. The van der Waals surface area contributed by atoms with E-state index in [1.807, 2.05) is 6.07 Å². The highest BCUT2D eigenvalue weighted by Crippen LogP contribution is 2.42. The van der Waals surface area contributed by atoms with Gasteiger partial charge in [0.05, 0.1) is 5.69 Å². The second-order valence-electron chi connectivity index (χ2n) is 8.51. The minimum atomic E-state index is -0.282. The zero-order valence-corrected chi connectivity index (χ0v) is 20.3. The van der Waals surface area contributed by atoms with Crippen LogP contribution in [0.1, 0.15) is 45.7 Å². The number of thioether (sulfide) groups is 1. The fraction of sp³-hybridized carbons (Fsp3) is 0.520. The monoisotopic (exact) mass is 441 g/mol. The number of fused-ring (bicyclic) bond motifs is 3. The standard InChI is InChI=1S/C25H35N3O2S/c1-7-13-28-23(29)21-22(26-24(28)31-10-4)20-16-19(30-15-14-27(8-2)9-3)12-11-18(20)17-25(21,5)6/h7,11-12,16H,1,8-10,13-15,17H2,2-6H3. The molecular weight excluding hydrogens is 406 g/mol. The van der Waals surface area contributed by atoms with E-state index in [2.05, 4.69) is 58.2 Å². The number of allylic oxidation sites excluding steroid dienone is 1. The molecule has 0 fully saturated rings. The number of hydrogen-bond donors (Lipinski definition) is 0. The first kappa shape index (κ1) is 23.6. The van der Waals surface area contributed by atoms with Gasteiger partial charge in [-0.1, -0.05) is 58.5 Å². The van der Waals surface area contributed by atoms with Crippen LogP contribution >= 0.6 is 11.8 Å². The van der Waals surface area contributed by atoms with Gasteiger partial charge in [0.1, 0.15) is 12.4 Å². The molecule has 0 spiro atoms. The molecule has 5 nitrogen and oxygen atoms in total. The molecule has 0 amide bonds. The summed E-state index contributed by atoms with van der Waals surface area (Å²) in [5, 5.41) is 0.752. The first-order valence-electron chi connectivity index (χ1n) is 11.2. The maximum absolute atomic E-state index is 13.5. The van der Waals surface area contributed by atoms with Gasteiger partial charge >= 0.3 is 0 Å². The number of nitrogens with zero attached hydrogens (tertiary/aromatic N) is 3. The van der Waals surface area contributed by atoms with Gasteiger partial charge in [0.2, 0.25) is 0 Å². The van der Waals surface area contributed by atoms with Gasteiger partial charge in [0, 0.05) is 29.6 Å². The lowest BCUT2D eigenvalue weighted by Crippen LogP contribution is -2.38. The van der Waals surface area contributed by atoms with Crippen LogP contribution in [0, 0.1) is 0 Å². The second-order valence-corrected chi connectivity index (χ2v) is 9.74. The van der Waals surface area contributed by atoms with Crippen molar-refractivity contribution in [1.29, 1.82) is 0 Å². The molecule has 0 unspecified atom stereocenters. The molecular formula is C25H35N3O2S. The summed E-state index contributed by atoms with van der Waals surface area (Å²) in [7, 11) is 0. The molecule has 1 heterocycles. The van der Waals surface area contributed by atoms with E-state index in [0.29, 0.717) is 13.2 Å². The number of hydrogen-bond acceptors (Lipinski definition) is 5. The third kappa shape index (κ3) is 4.90. The van der Waals surface area contributed by atoms with E-state index < -0.39 is 0 Å². The summed E-state index contributed by atoms with van der Waals surface area (Å²) in [5.74, 6) is 1.69. The predicted octanol–water partition coefficient (Wildman–Crippen LogP) is 4.76. The van der Waals surface area contributed by atoms with Gasteiger partial charge in [0.15, 0.2) is 5.16 Å². The van der Waals surface area contributed by atoms with Crippen molar-refractivity contribution in [3.8, 4) is 17.0 Å². The minimum absolute atomic E-state index is 0.0457. The Balaban J connectivity index is 2.05. The molecule has 31 heavy (non-hydrogen) atoms. The maximum Gasteiger partial charge on any atom is 0.258 e. The number of benzene rings is 1. The van der Waals surface area contributed by atoms with Gasteiger partial charge < -0.3 is 9.64 Å². The van der Waals surface area contributed by atoms with Crippen LogP contribution in [-0.2, 0) is 18.4 Å². The van der Waals surface area contributed by atoms with Gasteiger partial charge in [0.25, 0.3) is 5.56 Å². The Hall–Kier alpha value is -2.05. The molecule has 0 radical (unpaired) electrons. The zero-order valence-electron chi connectivity index (χ0n) is 19.5. The summed E-state index contributed by atoms with van der Waals surface area (Å²) in [5.41, 5.74) is 3.61. The van der Waals surface area contributed by atoms with Crippen molar-refractivity contribution in [3.05, 3.63) is 52.3 Å². The summed E-state index contributed by atoms with van der Waals surface area (Å²) in [6, 6.07) is 6.25. The lowest BCUT2D eigenvalue weighted by Gasteiger charge is -2.33. The first-order chi connectivity index (χ1) is 14.9. The molecule has 168 valence electrons. The molecule has 3 rings (SSSR count).